The maximum Gasteiger partial charge on any atom is 0.135 e. The molecular formula is C25H46O. The average molecular weight is 363 g/mol. The summed E-state index contributed by atoms with van der Waals surface area (Å²) in [6, 6.07) is 6.62. The number of hydrogen-bond donors (Lipinski definition) is 0. The quantitative estimate of drug-likeness (QED) is 0.516. The van der Waals surface area contributed by atoms with Gasteiger partial charge in [0, 0.05) is 10.9 Å². The third-order valence-corrected chi connectivity index (χ3v) is 3.71. The minimum atomic E-state index is 0.724. The largest absolute Gasteiger partial charge is 0.456 e. The summed E-state index contributed by atoms with van der Waals surface area (Å²) in [7, 11) is 0. The van der Waals surface area contributed by atoms with Crippen molar-refractivity contribution in [1.82, 2.24) is 0 Å². The van der Waals surface area contributed by atoms with Crippen LogP contribution < -0.4 is 0 Å². The standard InChI is InChI=1S/C17H22O.4C2H6/c1-5-12(4)10-13-8-9-15-14(6-2)16(7-3)18-17(15)11-13;4*1-2/h7-9,11-12H,3,5-6,10H2,1-2,4H3;4*1-2H3. The molecule has 0 spiro atoms. The molecule has 26 heavy (non-hydrogen) atoms. The van der Waals surface area contributed by atoms with Crippen LogP contribution in [0.25, 0.3) is 17.0 Å². The minimum absolute atomic E-state index is 0.724. The van der Waals surface area contributed by atoms with E-state index >= 15 is 0 Å². The highest BCUT2D eigenvalue weighted by atomic mass is 16.3. The van der Waals surface area contributed by atoms with Gasteiger partial charge in [-0.15, -0.1) is 0 Å². The zero-order valence-corrected chi connectivity index (χ0v) is 19.6. The van der Waals surface area contributed by atoms with Gasteiger partial charge in [0.2, 0.25) is 0 Å². The molecule has 2 aromatic rings. The van der Waals surface area contributed by atoms with Crippen molar-refractivity contribution in [2.75, 3.05) is 0 Å². The smallest absolute Gasteiger partial charge is 0.135 e. The van der Waals surface area contributed by atoms with Crippen LogP contribution in [0.15, 0.2) is 29.2 Å². The Bertz CT molecular complexity index is 549. The molecule has 0 aliphatic carbocycles. The number of fused-ring (bicyclic) bond motifs is 1. The third-order valence-electron chi connectivity index (χ3n) is 3.71. The van der Waals surface area contributed by atoms with E-state index in [0.29, 0.717) is 0 Å². The van der Waals surface area contributed by atoms with Crippen molar-refractivity contribution in [2.24, 2.45) is 5.92 Å². The van der Waals surface area contributed by atoms with Crippen molar-refractivity contribution in [3.05, 3.63) is 41.7 Å². The second-order valence-electron chi connectivity index (χ2n) is 5.05. The van der Waals surface area contributed by atoms with Crippen molar-refractivity contribution in [1.29, 1.82) is 0 Å². The number of aryl methyl sites for hydroxylation is 1. The fourth-order valence-electron chi connectivity index (χ4n) is 2.42. The predicted octanol–water partition coefficient (Wildman–Crippen LogP) is 9.33. The van der Waals surface area contributed by atoms with Crippen LogP contribution in [0.4, 0.5) is 0 Å². The first-order chi connectivity index (χ1) is 12.7. The molecule has 1 nitrogen and oxygen atoms in total. The molecule has 1 heteroatoms. The lowest BCUT2D eigenvalue weighted by atomic mass is 9.97. The van der Waals surface area contributed by atoms with Crippen molar-refractivity contribution in [3.63, 3.8) is 0 Å². The first-order valence-corrected chi connectivity index (χ1v) is 10.9. The molecule has 0 aliphatic rings. The Labute approximate surface area is 164 Å². The molecule has 1 aromatic heterocycles. The molecule has 1 unspecified atom stereocenters. The molecule has 1 atom stereocenters. The van der Waals surface area contributed by atoms with E-state index < -0.39 is 0 Å². The van der Waals surface area contributed by atoms with Gasteiger partial charge in [-0.3, -0.25) is 0 Å². The van der Waals surface area contributed by atoms with Crippen molar-refractivity contribution in [3.8, 4) is 0 Å². The van der Waals surface area contributed by atoms with Crippen LogP contribution in [0.2, 0.25) is 0 Å². The van der Waals surface area contributed by atoms with Crippen LogP contribution in [-0.4, -0.2) is 0 Å². The van der Waals surface area contributed by atoms with Crippen LogP contribution in [0, 0.1) is 5.92 Å². The number of furan rings is 1. The monoisotopic (exact) mass is 362 g/mol. The van der Waals surface area contributed by atoms with E-state index in [2.05, 4.69) is 45.5 Å². The summed E-state index contributed by atoms with van der Waals surface area (Å²) in [5, 5.41) is 1.24. The maximum absolute atomic E-state index is 5.88. The Morgan fingerprint density at radius 3 is 1.92 bits per heavy atom. The Kier molecular flexibility index (Phi) is 22.3. The molecule has 0 fully saturated rings. The van der Waals surface area contributed by atoms with Crippen molar-refractivity contribution < 1.29 is 4.42 Å². The lowest BCUT2D eigenvalue weighted by Gasteiger charge is -2.07. The highest BCUT2D eigenvalue weighted by Gasteiger charge is 2.11. The minimum Gasteiger partial charge on any atom is -0.456 e. The summed E-state index contributed by atoms with van der Waals surface area (Å²) in [6.45, 7) is 26.5. The van der Waals surface area contributed by atoms with E-state index in [1.54, 1.807) is 0 Å². The molecule has 2 rings (SSSR count). The molecule has 1 aromatic carbocycles. The molecule has 0 amide bonds. The first-order valence-electron chi connectivity index (χ1n) is 10.9. The van der Waals surface area contributed by atoms with Crippen LogP contribution in [0.1, 0.15) is 99.5 Å². The molecule has 0 saturated heterocycles. The van der Waals surface area contributed by atoms with Crippen LogP contribution in [0.3, 0.4) is 0 Å². The lowest BCUT2D eigenvalue weighted by molar-refractivity contribution is 0.558. The van der Waals surface area contributed by atoms with Gasteiger partial charge in [-0.25, -0.2) is 0 Å². The van der Waals surface area contributed by atoms with E-state index in [1.165, 1.54) is 22.9 Å². The fourth-order valence-corrected chi connectivity index (χ4v) is 2.42. The summed E-state index contributed by atoms with van der Waals surface area (Å²) < 4.78 is 5.88. The Balaban J connectivity index is -0.000000585. The maximum atomic E-state index is 5.88. The molecule has 1 heterocycles. The SMILES string of the molecule is C=Cc1oc2cc(CC(C)CC)ccc2c1CC.CC.CC.CC.CC. The summed E-state index contributed by atoms with van der Waals surface area (Å²) in [5.41, 5.74) is 3.64. The van der Waals surface area contributed by atoms with E-state index in [1.807, 2.05) is 61.5 Å². The fraction of sp³-hybridized carbons (Fsp3) is 0.600. The highest BCUT2D eigenvalue weighted by Crippen LogP contribution is 2.28. The van der Waals surface area contributed by atoms with Crippen LogP contribution in [-0.2, 0) is 12.8 Å². The second-order valence-corrected chi connectivity index (χ2v) is 5.05. The van der Waals surface area contributed by atoms with Gasteiger partial charge in [0.1, 0.15) is 11.3 Å². The van der Waals surface area contributed by atoms with Crippen molar-refractivity contribution in [2.45, 2.75) is 95.4 Å². The molecule has 0 N–H and O–H groups in total. The summed E-state index contributed by atoms with van der Waals surface area (Å²) in [6.07, 6.45) is 5.14. The number of rotatable bonds is 5. The van der Waals surface area contributed by atoms with Gasteiger partial charge >= 0.3 is 0 Å². The average Bonchev–Trinajstić information content (AvgIpc) is 3.10. The van der Waals surface area contributed by atoms with Crippen LogP contribution in [0.5, 0.6) is 0 Å². The number of hydrogen-bond acceptors (Lipinski definition) is 1. The molecule has 0 bridgehead atoms. The summed E-state index contributed by atoms with van der Waals surface area (Å²) in [4.78, 5) is 0. The molecule has 0 saturated carbocycles. The summed E-state index contributed by atoms with van der Waals surface area (Å²) in [5.74, 6) is 1.65. The number of benzene rings is 1. The van der Waals surface area contributed by atoms with Gasteiger partial charge in [0.15, 0.2) is 0 Å². The molecular weight excluding hydrogens is 316 g/mol. The van der Waals surface area contributed by atoms with E-state index in [4.69, 9.17) is 4.42 Å². The topological polar surface area (TPSA) is 13.1 Å². The van der Waals surface area contributed by atoms with Gasteiger partial charge in [0.25, 0.3) is 0 Å². The van der Waals surface area contributed by atoms with Gasteiger partial charge in [-0.05, 0) is 36.5 Å². The second kappa shape index (κ2) is 19.8. The first kappa shape index (κ1) is 29.3. The zero-order valence-electron chi connectivity index (χ0n) is 19.6. The zero-order chi connectivity index (χ0) is 21.1. The van der Waals surface area contributed by atoms with E-state index in [-0.39, 0.29) is 0 Å². The predicted molar refractivity (Wildman–Crippen MR) is 124 cm³/mol. The normalized spacial score (nSPS) is 9.81. The van der Waals surface area contributed by atoms with Gasteiger partial charge in [0.05, 0.1) is 0 Å². The van der Waals surface area contributed by atoms with Gasteiger partial charge in [-0.1, -0.05) is 101 Å². The molecule has 0 aliphatic heterocycles. The van der Waals surface area contributed by atoms with Gasteiger partial charge in [-0.2, -0.15) is 0 Å². The Morgan fingerprint density at radius 1 is 0.962 bits per heavy atom. The van der Waals surface area contributed by atoms with Gasteiger partial charge < -0.3 is 4.42 Å². The van der Waals surface area contributed by atoms with E-state index in [9.17, 15) is 0 Å². The van der Waals surface area contributed by atoms with Crippen molar-refractivity contribution >= 4 is 17.0 Å². The Hall–Kier alpha value is -1.50. The third kappa shape index (κ3) is 9.27. The summed E-state index contributed by atoms with van der Waals surface area (Å²) >= 11 is 0. The van der Waals surface area contributed by atoms with Crippen LogP contribution >= 0.6 is 0 Å². The highest BCUT2D eigenvalue weighted by molar-refractivity contribution is 5.85. The lowest BCUT2D eigenvalue weighted by Crippen LogP contribution is -1.97. The molecule has 152 valence electrons. The Morgan fingerprint density at radius 2 is 1.50 bits per heavy atom. The van der Waals surface area contributed by atoms with E-state index in [0.717, 1.165) is 30.1 Å². The molecule has 0 radical (unpaired) electrons.